The Kier molecular flexibility index (Phi) is 4.35. The van der Waals surface area contributed by atoms with E-state index in [0.717, 1.165) is 18.5 Å². The number of likely N-dealkylation sites (N-methyl/N-ethyl adjacent to an activating group) is 1. The van der Waals surface area contributed by atoms with Crippen LogP contribution in [0.4, 0.5) is 11.4 Å². The molecule has 0 aliphatic heterocycles. The summed E-state index contributed by atoms with van der Waals surface area (Å²) in [6.45, 7) is -0.235. The second-order valence-corrected chi connectivity index (χ2v) is 5.48. The van der Waals surface area contributed by atoms with E-state index in [2.05, 4.69) is 0 Å². The van der Waals surface area contributed by atoms with Crippen LogP contribution in [0.1, 0.15) is 23.2 Å². The van der Waals surface area contributed by atoms with Crippen molar-refractivity contribution in [2.24, 2.45) is 0 Å². The van der Waals surface area contributed by atoms with E-state index in [1.54, 1.807) is 30.1 Å². The zero-order chi connectivity index (χ0) is 15.6. The third-order valence-electron chi connectivity index (χ3n) is 3.56. The number of rotatable bonds is 5. The Bertz CT molecular complexity index is 553. The Balaban J connectivity index is 1.94. The van der Waals surface area contributed by atoms with Gasteiger partial charge < -0.3 is 20.3 Å². The van der Waals surface area contributed by atoms with Crippen molar-refractivity contribution in [3.8, 4) is 0 Å². The fourth-order valence-electron chi connectivity index (χ4n) is 2.07. The van der Waals surface area contributed by atoms with E-state index in [4.69, 9.17) is 10.5 Å². The number of nitrogens with zero attached hydrogens (tertiary/aromatic N) is 2. The highest BCUT2D eigenvalue weighted by Crippen LogP contribution is 2.25. The number of carbonyl (C=O) groups is 2. The number of hydrogen-bond acceptors (Lipinski definition) is 5. The lowest BCUT2D eigenvalue weighted by atomic mass is 10.1. The molecule has 1 aliphatic rings. The highest BCUT2D eigenvalue weighted by Gasteiger charge is 2.29. The maximum absolute atomic E-state index is 11.9. The number of nitrogen functional groups attached to an aromatic ring is 1. The highest BCUT2D eigenvalue weighted by atomic mass is 16.5. The van der Waals surface area contributed by atoms with Gasteiger partial charge >= 0.3 is 5.97 Å². The predicted octanol–water partition coefficient (Wildman–Crippen LogP) is 1.11. The van der Waals surface area contributed by atoms with Crippen LogP contribution in [0.15, 0.2) is 18.2 Å². The number of hydrogen-bond donors (Lipinski definition) is 1. The number of amides is 1. The molecular formula is C15H21N3O3. The zero-order valence-electron chi connectivity index (χ0n) is 12.6. The number of esters is 1. The molecule has 0 unspecified atom stereocenters. The fraction of sp³-hybridized carbons (Fsp3) is 0.467. The topological polar surface area (TPSA) is 75.9 Å². The maximum Gasteiger partial charge on any atom is 0.338 e. The van der Waals surface area contributed by atoms with Gasteiger partial charge in [0.2, 0.25) is 0 Å². The Labute approximate surface area is 124 Å². The molecule has 1 fully saturated rings. The molecule has 114 valence electrons. The summed E-state index contributed by atoms with van der Waals surface area (Å²) >= 11 is 0. The van der Waals surface area contributed by atoms with Crippen LogP contribution >= 0.6 is 0 Å². The first kappa shape index (κ1) is 15.2. The van der Waals surface area contributed by atoms with E-state index < -0.39 is 5.97 Å². The predicted molar refractivity (Wildman–Crippen MR) is 81.3 cm³/mol. The summed E-state index contributed by atoms with van der Waals surface area (Å²) in [5.41, 5.74) is 7.56. The molecule has 0 heterocycles. The third-order valence-corrected chi connectivity index (χ3v) is 3.56. The summed E-state index contributed by atoms with van der Waals surface area (Å²) in [7, 11) is 5.48. The molecule has 1 saturated carbocycles. The van der Waals surface area contributed by atoms with E-state index in [1.165, 1.54) is 0 Å². The van der Waals surface area contributed by atoms with Crippen LogP contribution in [0.5, 0.6) is 0 Å². The molecule has 21 heavy (non-hydrogen) atoms. The minimum Gasteiger partial charge on any atom is -0.452 e. The number of nitrogens with two attached hydrogens (primary N) is 1. The first-order valence-electron chi connectivity index (χ1n) is 6.89. The zero-order valence-corrected chi connectivity index (χ0v) is 12.6. The van der Waals surface area contributed by atoms with E-state index in [9.17, 15) is 9.59 Å². The van der Waals surface area contributed by atoms with Crippen LogP contribution in [-0.4, -0.2) is 50.6 Å². The molecule has 0 aromatic heterocycles. The average molecular weight is 291 g/mol. The Morgan fingerprint density at radius 2 is 1.95 bits per heavy atom. The number of anilines is 2. The Morgan fingerprint density at radius 1 is 1.29 bits per heavy atom. The summed E-state index contributed by atoms with van der Waals surface area (Å²) in [5, 5.41) is 0. The van der Waals surface area contributed by atoms with Gasteiger partial charge in [-0.15, -0.1) is 0 Å². The SMILES string of the molecule is CN(C)c1ccc(C(=O)OCC(=O)N(C)C2CC2)cc1N. The van der Waals surface area contributed by atoms with E-state index in [-0.39, 0.29) is 12.5 Å². The summed E-state index contributed by atoms with van der Waals surface area (Å²) in [4.78, 5) is 27.2. The Morgan fingerprint density at radius 3 is 2.48 bits per heavy atom. The fourth-order valence-corrected chi connectivity index (χ4v) is 2.07. The lowest BCUT2D eigenvalue weighted by Crippen LogP contribution is -2.32. The molecule has 6 nitrogen and oxygen atoms in total. The number of benzene rings is 1. The average Bonchev–Trinajstić information content (AvgIpc) is 3.27. The van der Waals surface area contributed by atoms with Gasteiger partial charge in [0.05, 0.1) is 16.9 Å². The standard InChI is InChI=1S/C15H21N3O3/c1-17(2)13-7-4-10(8-12(13)16)15(20)21-9-14(19)18(3)11-5-6-11/h4,7-8,11H,5-6,9,16H2,1-3H3. The monoisotopic (exact) mass is 291 g/mol. The molecule has 0 radical (unpaired) electrons. The number of ether oxygens (including phenoxy) is 1. The minimum absolute atomic E-state index is 0.177. The summed E-state index contributed by atoms with van der Waals surface area (Å²) in [6.07, 6.45) is 2.05. The van der Waals surface area contributed by atoms with Crippen molar-refractivity contribution >= 4 is 23.3 Å². The molecule has 1 amide bonds. The van der Waals surface area contributed by atoms with Gasteiger partial charge in [-0.3, -0.25) is 4.79 Å². The second-order valence-electron chi connectivity index (χ2n) is 5.48. The third kappa shape index (κ3) is 3.65. The van der Waals surface area contributed by atoms with Gasteiger partial charge in [0.25, 0.3) is 5.91 Å². The van der Waals surface area contributed by atoms with Crippen molar-refractivity contribution in [2.75, 3.05) is 38.4 Å². The highest BCUT2D eigenvalue weighted by molar-refractivity contribution is 5.93. The van der Waals surface area contributed by atoms with Gasteiger partial charge in [0.1, 0.15) is 0 Å². The lowest BCUT2D eigenvalue weighted by molar-refractivity contribution is -0.133. The quantitative estimate of drug-likeness (QED) is 0.649. The first-order chi connectivity index (χ1) is 9.90. The van der Waals surface area contributed by atoms with Crippen molar-refractivity contribution in [3.63, 3.8) is 0 Å². The molecule has 1 aliphatic carbocycles. The first-order valence-corrected chi connectivity index (χ1v) is 6.89. The lowest BCUT2D eigenvalue weighted by Gasteiger charge is -2.17. The normalized spacial score (nSPS) is 13.7. The van der Waals surface area contributed by atoms with Crippen LogP contribution in [-0.2, 0) is 9.53 Å². The second kappa shape index (κ2) is 6.03. The maximum atomic E-state index is 11.9. The van der Waals surface area contributed by atoms with Crippen LogP contribution in [0.2, 0.25) is 0 Å². The molecule has 0 atom stereocenters. The smallest absolute Gasteiger partial charge is 0.338 e. The van der Waals surface area contributed by atoms with E-state index in [1.807, 2.05) is 19.0 Å². The van der Waals surface area contributed by atoms with Gasteiger partial charge in [-0.05, 0) is 31.0 Å². The molecule has 1 aromatic rings. The van der Waals surface area contributed by atoms with Crippen LogP contribution in [0.25, 0.3) is 0 Å². The van der Waals surface area contributed by atoms with Crippen molar-refractivity contribution in [1.82, 2.24) is 4.90 Å². The molecule has 6 heteroatoms. The molecule has 0 bridgehead atoms. The molecule has 1 aromatic carbocycles. The largest absolute Gasteiger partial charge is 0.452 e. The van der Waals surface area contributed by atoms with Gasteiger partial charge in [-0.1, -0.05) is 0 Å². The summed E-state index contributed by atoms with van der Waals surface area (Å²) in [6, 6.07) is 5.27. The molecule has 0 saturated heterocycles. The Hall–Kier alpha value is -2.24. The van der Waals surface area contributed by atoms with Crippen molar-refractivity contribution in [1.29, 1.82) is 0 Å². The van der Waals surface area contributed by atoms with E-state index in [0.29, 0.717) is 17.3 Å². The minimum atomic E-state index is -0.537. The van der Waals surface area contributed by atoms with Crippen LogP contribution in [0, 0.1) is 0 Å². The molecular weight excluding hydrogens is 270 g/mol. The molecule has 2 N–H and O–H groups in total. The number of carbonyl (C=O) groups excluding carboxylic acids is 2. The van der Waals surface area contributed by atoms with Crippen LogP contribution < -0.4 is 10.6 Å². The van der Waals surface area contributed by atoms with Crippen molar-refractivity contribution in [2.45, 2.75) is 18.9 Å². The van der Waals surface area contributed by atoms with Crippen LogP contribution in [0.3, 0.4) is 0 Å². The van der Waals surface area contributed by atoms with Gasteiger partial charge in [-0.2, -0.15) is 0 Å². The van der Waals surface area contributed by atoms with E-state index >= 15 is 0 Å². The molecule has 2 rings (SSSR count). The van der Waals surface area contributed by atoms with Gasteiger partial charge in [0, 0.05) is 27.2 Å². The van der Waals surface area contributed by atoms with Gasteiger partial charge in [-0.25, -0.2) is 4.79 Å². The van der Waals surface area contributed by atoms with Crippen molar-refractivity contribution in [3.05, 3.63) is 23.8 Å². The van der Waals surface area contributed by atoms with Crippen molar-refractivity contribution < 1.29 is 14.3 Å². The molecule has 0 spiro atoms. The summed E-state index contributed by atoms with van der Waals surface area (Å²) in [5.74, 6) is -0.715. The summed E-state index contributed by atoms with van der Waals surface area (Å²) < 4.78 is 5.04. The van der Waals surface area contributed by atoms with Gasteiger partial charge in [0.15, 0.2) is 6.61 Å².